The van der Waals surface area contributed by atoms with E-state index >= 15 is 0 Å². The number of carbonyl (C=O) groups excluding carboxylic acids is 3. The Morgan fingerprint density at radius 1 is 1.21 bits per heavy atom. The number of amides is 3. The summed E-state index contributed by atoms with van der Waals surface area (Å²) in [4.78, 5) is 38.4. The molecule has 2 fully saturated rings. The fourth-order valence-electron chi connectivity index (χ4n) is 4.04. The first-order valence-corrected chi connectivity index (χ1v) is 8.91. The maximum Gasteiger partial charge on any atom is 0.244 e. The molecule has 5 nitrogen and oxygen atoms in total. The molecule has 1 aromatic carbocycles. The Kier molecular flexibility index (Phi) is 3.77. The zero-order valence-electron chi connectivity index (χ0n) is 12.5. The molecule has 3 amide bonds. The Morgan fingerprint density at radius 3 is 2.42 bits per heavy atom. The number of allylic oxidation sites excluding steroid dienone is 2. The van der Waals surface area contributed by atoms with Gasteiger partial charge in [0.1, 0.15) is 6.54 Å². The van der Waals surface area contributed by atoms with Gasteiger partial charge in [0.05, 0.1) is 22.5 Å². The smallest absolute Gasteiger partial charge is 0.244 e. The van der Waals surface area contributed by atoms with Gasteiger partial charge in [-0.15, -0.1) is 0 Å². The van der Waals surface area contributed by atoms with Gasteiger partial charge < -0.3 is 5.32 Å². The van der Waals surface area contributed by atoms with E-state index < -0.39 is 5.91 Å². The molecule has 0 aromatic heterocycles. The summed E-state index contributed by atoms with van der Waals surface area (Å²) in [6.07, 6.45) is 4.94. The number of nitrogens with one attached hydrogen (secondary N) is 1. The lowest BCUT2D eigenvalue weighted by molar-refractivity contribution is -0.143. The molecule has 0 radical (unpaired) electrons. The summed E-state index contributed by atoms with van der Waals surface area (Å²) in [7, 11) is 0. The number of likely N-dealkylation sites (tertiary alicyclic amines) is 1. The van der Waals surface area contributed by atoms with E-state index in [0.29, 0.717) is 10.7 Å². The average molecular weight is 410 g/mol. The lowest BCUT2D eigenvalue weighted by Gasteiger charge is -2.17. The molecule has 1 saturated heterocycles. The number of benzene rings is 1. The maximum absolute atomic E-state index is 12.5. The van der Waals surface area contributed by atoms with Crippen LogP contribution in [0.5, 0.6) is 0 Å². The topological polar surface area (TPSA) is 66.5 Å². The number of nitrogens with zero attached hydrogens (tertiary/aromatic N) is 1. The highest BCUT2D eigenvalue weighted by atomic mass is 79.9. The van der Waals surface area contributed by atoms with Crippen LogP contribution in [0.15, 0.2) is 34.8 Å². The number of carbonyl (C=O) groups is 3. The van der Waals surface area contributed by atoms with Crippen molar-refractivity contribution in [1.82, 2.24) is 4.90 Å². The van der Waals surface area contributed by atoms with E-state index in [2.05, 4.69) is 21.2 Å². The van der Waals surface area contributed by atoms with Crippen molar-refractivity contribution in [2.45, 2.75) is 6.42 Å². The van der Waals surface area contributed by atoms with Crippen molar-refractivity contribution in [2.24, 2.45) is 23.7 Å². The highest BCUT2D eigenvalue weighted by Crippen LogP contribution is 2.52. The molecule has 124 valence electrons. The second-order valence-electron chi connectivity index (χ2n) is 6.43. The van der Waals surface area contributed by atoms with Crippen LogP contribution in [-0.2, 0) is 14.4 Å². The number of imide groups is 1. The molecule has 2 bridgehead atoms. The quantitative estimate of drug-likeness (QED) is 0.617. The molecule has 4 rings (SSSR count). The highest BCUT2D eigenvalue weighted by Gasteiger charge is 2.59. The fourth-order valence-corrected chi connectivity index (χ4v) is 4.76. The second kappa shape index (κ2) is 5.70. The number of anilines is 1. The third-order valence-corrected chi connectivity index (χ3v) is 5.87. The maximum atomic E-state index is 12.5. The minimum absolute atomic E-state index is 0.144. The molecule has 4 atom stereocenters. The molecule has 7 heteroatoms. The molecule has 0 spiro atoms. The summed E-state index contributed by atoms with van der Waals surface area (Å²) in [6.45, 7) is -0.267. The lowest BCUT2D eigenvalue weighted by atomic mass is 9.85. The zero-order valence-corrected chi connectivity index (χ0v) is 14.9. The zero-order chi connectivity index (χ0) is 17.0. The first kappa shape index (κ1) is 15.8. The van der Waals surface area contributed by atoms with E-state index in [1.165, 1.54) is 0 Å². The van der Waals surface area contributed by atoms with Gasteiger partial charge in [-0.05, 0) is 36.5 Å². The molecular weight excluding hydrogens is 396 g/mol. The van der Waals surface area contributed by atoms with Crippen LogP contribution in [0.2, 0.25) is 5.02 Å². The van der Waals surface area contributed by atoms with E-state index in [-0.39, 0.29) is 42.0 Å². The molecule has 1 heterocycles. The Bertz CT molecular complexity index is 764. The van der Waals surface area contributed by atoms with Gasteiger partial charge in [0, 0.05) is 4.47 Å². The summed E-state index contributed by atoms with van der Waals surface area (Å²) in [6, 6.07) is 5.08. The standard InChI is InChI=1S/C17H14BrClN2O3/c18-10-3-4-12(11(19)6-10)20-13(22)7-21-16(23)14-8-1-2-9(5-8)15(14)17(21)24/h1-4,6,8-9,14-15H,5,7H2,(H,20,22). The molecule has 2 aliphatic carbocycles. The lowest BCUT2D eigenvalue weighted by Crippen LogP contribution is -2.39. The van der Waals surface area contributed by atoms with Crippen molar-refractivity contribution >= 4 is 50.9 Å². The number of hydrogen-bond acceptors (Lipinski definition) is 3. The van der Waals surface area contributed by atoms with Crippen molar-refractivity contribution in [1.29, 1.82) is 0 Å². The van der Waals surface area contributed by atoms with Gasteiger partial charge in [0.2, 0.25) is 17.7 Å². The van der Waals surface area contributed by atoms with Crippen molar-refractivity contribution in [2.75, 3.05) is 11.9 Å². The van der Waals surface area contributed by atoms with Gasteiger partial charge in [-0.25, -0.2) is 0 Å². The first-order chi connectivity index (χ1) is 11.5. The van der Waals surface area contributed by atoms with E-state index in [4.69, 9.17) is 11.6 Å². The van der Waals surface area contributed by atoms with E-state index in [1.807, 2.05) is 12.2 Å². The van der Waals surface area contributed by atoms with E-state index in [1.54, 1.807) is 18.2 Å². The van der Waals surface area contributed by atoms with Crippen LogP contribution >= 0.6 is 27.5 Å². The normalized spacial score (nSPS) is 30.2. The van der Waals surface area contributed by atoms with Crippen molar-refractivity contribution in [3.63, 3.8) is 0 Å². The predicted octanol–water partition coefficient (Wildman–Crippen LogP) is 2.85. The minimum Gasteiger partial charge on any atom is -0.323 e. The molecule has 24 heavy (non-hydrogen) atoms. The molecule has 3 aliphatic rings. The van der Waals surface area contributed by atoms with E-state index in [0.717, 1.165) is 15.8 Å². The number of rotatable bonds is 3. The van der Waals surface area contributed by atoms with Gasteiger partial charge in [-0.1, -0.05) is 39.7 Å². The summed E-state index contributed by atoms with van der Waals surface area (Å²) >= 11 is 9.36. The Hall–Kier alpha value is -1.66. The van der Waals surface area contributed by atoms with Crippen LogP contribution in [0.3, 0.4) is 0 Å². The minimum atomic E-state index is -0.429. The SMILES string of the molecule is O=C(CN1C(=O)C2C3C=CC(C3)C2C1=O)Nc1ccc(Br)cc1Cl. The van der Waals surface area contributed by atoms with Crippen LogP contribution in [0.1, 0.15) is 6.42 Å². The fraction of sp³-hybridized carbons (Fsp3) is 0.353. The third kappa shape index (κ3) is 2.40. The van der Waals surface area contributed by atoms with Crippen molar-refractivity contribution < 1.29 is 14.4 Å². The van der Waals surface area contributed by atoms with Crippen LogP contribution in [0.25, 0.3) is 0 Å². The van der Waals surface area contributed by atoms with Gasteiger partial charge in [-0.2, -0.15) is 0 Å². The van der Waals surface area contributed by atoms with Crippen LogP contribution < -0.4 is 5.32 Å². The van der Waals surface area contributed by atoms with Crippen molar-refractivity contribution in [3.8, 4) is 0 Å². The number of hydrogen-bond donors (Lipinski definition) is 1. The largest absolute Gasteiger partial charge is 0.323 e. The Labute approximate surface area is 152 Å². The van der Waals surface area contributed by atoms with Gasteiger partial charge in [0.15, 0.2) is 0 Å². The van der Waals surface area contributed by atoms with Crippen LogP contribution in [-0.4, -0.2) is 29.2 Å². The highest BCUT2D eigenvalue weighted by molar-refractivity contribution is 9.10. The van der Waals surface area contributed by atoms with Gasteiger partial charge in [-0.3, -0.25) is 19.3 Å². The summed E-state index contributed by atoms with van der Waals surface area (Å²) < 4.78 is 0.797. The summed E-state index contributed by atoms with van der Waals surface area (Å²) in [5, 5.41) is 3.04. The van der Waals surface area contributed by atoms with E-state index in [9.17, 15) is 14.4 Å². The summed E-state index contributed by atoms with van der Waals surface area (Å²) in [5.74, 6) is -1.15. The Morgan fingerprint density at radius 2 is 1.83 bits per heavy atom. The molecule has 1 aromatic rings. The van der Waals surface area contributed by atoms with Crippen LogP contribution in [0.4, 0.5) is 5.69 Å². The second-order valence-corrected chi connectivity index (χ2v) is 7.76. The molecule has 1 saturated carbocycles. The average Bonchev–Trinajstić information content (AvgIpc) is 3.20. The number of fused-ring (bicyclic) bond motifs is 5. The third-order valence-electron chi connectivity index (χ3n) is 5.07. The summed E-state index contributed by atoms with van der Waals surface area (Å²) in [5.41, 5.74) is 0.450. The Balaban J connectivity index is 1.47. The van der Waals surface area contributed by atoms with Crippen molar-refractivity contribution in [3.05, 3.63) is 39.8 Å². The molecule has 4 unspecified atom stereocenters. The molecule has 1 N–H and O–H groups in total. The molecular formula is C17H14BrClN2O3. The van der Waals surface area contributed by atoms with Gasteiger partial charge in [0.25, 0.3) is 0 Å². The van der Waals surface area contributed by atoms with Gasteiger partial charge >= 0.3 is 0 Å². The van der Waals surface area contributed by atoms with Crippen LogP contribution in [0, 0.1) is 23.7 Å². The first-order valence-electron chi connectivity index (χ1n) is 7.74. The number of halogens is 2. The molecule has 1 aliphatic heterocycles. The monoisotopic (exact) mass is 408 g/mol. The predicted molar refractivity (Wildman–Crippen MR) is 92.2 cm³/mol.